The van der Waals surface area contributed by atoms with Crippen molar-refractivity contribution in [3.8, 4) is 5.75 Å². The number of para-hydroxylation sites is 1. The molecule has 1 fully saturated rings. The van der Waals surface area contributed by atoms with Crippen LogP contribution in [0.15, 0.2) is 24.3 Å². The summed E-state index contributed by atoms with van der Waals surface area (Å²) in [7, 11) is 1.88. The predicted molar refractivity (Wildman–Crippen MR) is 127 cm³/mol. The first-order valence-corrected chi connectivity index (χ1v) is 12.3. The standard InChI is InChI=1S/C26H41N3O3/c1-20(2)19-22(27)24(30)29-15-13-26(14-16-29)12-8-4-5-9-21-10-6-7-11-23(21)32-18-17-28(3)25(26)31/h6-7,10-11,20,22H,4-5,8-9,12-19,27H2,1-3H3/t22-/m1/s1. The number of hydrogen-bond acceptors (Lipinski definition) is 4. The summed E-state index contributed by atoms with van der Waals surface area (Å²) in [6.45, 7) is 6.46. The summed E-state index contributed by atoms with van der Waals surface area (Å²) in [5.41, 5.74) is 7.02. The molecule has 2 N–H and O–H groups in total. The van der Waals surface area contributed by atoms with Crippen molar-refractivity contribution in [2.75, 3.05) is 33.3 Å². The second-order valence-electron chi connectivity index (χ2n) is 10.1. The van der Waals surface area contributed by atoms with Gasteiger partial charge in [0.1, 0.15) is 12.4 Å². The van der Waals surface area contributed by atoms with Gasteiger partial charge in [-0.1, -0.05) is 44.9 Å². The molecule has 6 nitrogen and oxygen atoms in total. The molecule has 0 aliphatic carbocycles. The summed E-state index contributed by atoms with van der Waals surface area (Å²) in [4.78, 5) is 30.1. The van der Waals surface area contributed by atoms with E-state index < -0.39 is 6.04 Å². The highest BCUT2D eigenvalue weighted by Gasteiger charge is 2.43. The fraction of sp³-hybridized carbons (Fsp3) is 0.692. The molecule has 0 aromatic heterocycles. The van der Waals surface area contributed by atoms with Crippen molar-refractivity contribution in [3.05, 3.63) is 29.8 Å². The molecule has 0 radical (unpaired) electrons. The Kier molecular flexibility index (Phi) is 8.57. The Morgan fingerprint density at radius 2 is 1.81 bits per heavy atom. The van der Waals surface area contributed by atoms with E-state index in [4.69, 9.17) is 10.5 Å². The molecular weight excluding hydrogens is 402 g/mol. The number of rotatable bonds is 3. The highest BCUT2D eigenvalue weighted by Crippen LogP contribution is 2.39. The van der Waals surface area contributed by atoms with E-state index in [9.17, 15) is 9.59 Å². The molecule has 3 rings (SSSR count). The summed E-state index contributed by atoms with van der Waals surface area (Å²) < 4.78 is 6.04. The smallest absolute Gasteiger partial charge is 0.239 e. The highest BCUT2D eigenvalue weighted by molar-refractivity contribution is 5.84. The van der Waals surface area contributed by atoms with Crippen LogP contribution in [-0.4, -0.2) is 60.9 Å². The van der Waals surface area contributed by atoms with Gasteiger partial charge in [-0.2, -0.15) is 0 Å². The number of nitrogens with zero attached hydrogens (tertiary/aromatic N) is 2. The first-order chi connectivity index (χ1) is 15.3. The third kappa shape index (κ3) is 6.03. The zero-order valence-electron chi connectivity index (χ0n) is 20.1. The van der Waals surface area contributed by atoms with Gasteiger partial charge in [-0.15, -0.1) is 0 Å². The summed E-state index contributed by atoms with van der Waals surface area (Å²) >= 11 is 0. The van der Waals surface area contributed by atoms with E-state index >= 15 is 0 Å². The van der Waals surface area contributed by atoms with Gasteiger partial charge in [0.15, 0.2) is 0 Å². The third-order valence-electron chi connectivity index (χ3n) is 7.13. The van der Waals surface area contributed by atoms with Crippen molar-refractivity contribution in [1.82, 2.24) is 9.80 Å². The summed E-state index contributed by atoms with van der Waals surface area (Å²) in [5, 5.41) is 0. The van der Waals surface area contributed by atoms with E-state index in [0.717, 1.165) is 50.7 Å². The molecule has 1 atom stereocenters. The Labute approximate surface area is 193 Å². The second kappa shape index (κ2) is 11.2. The lowest BCUT2D eigenvalue weighted by molar-refractivity contribution is -0.148. The maximum absolute atomic E-state index is 13.6. The number of aryl methyl sites for hydroxylation is 1. The molecule has 32 heavy (non-hydrogen) atoms. The van der Waals surface area contributed by atoms with Crippen LogP contribution in [0.2, 0.25) is 0 Å². The third-order valence-corrected chi connectivity index (χ3v) is 7.13. The van der Waals surface area contributed by atoms with Crippen molar-refractivity contribution >= 4 is 11.8 Å². The number of amides is 2. The molecule has 2 heterocycles. The average Bonchev–Trinajstić information content (AvgIpc) is 2.79. The number of nitrogens with two attached hydrogens (primary N) is 1. The maximum atomic E-state index is 13.6. The Morgan fingerprint density at radius 3 is 2.53 bits per heavy atom. The topological polar surface area (TPSA) is 75.9 Å². The van der Waals surface area contributed by atoms with Gasteiger partial charge in [-0.25, -0.2) is 0 Å². The summed E-state index contributed by atoms with van der Waals surface area (Å²) in [6.07, 6.45) is 7.24. The Balaban J connectivity index is 1.66. The van der Waals surface area contributed by atoms with Gasteiger partial charge >= 0.3 is 0 Å². The predicted octanol–water partition coefficient (Wildman–Crippen LogP) is 3.62. The van der Waals surface area contributed by atoms with E-state index in [1.54, 1.807) is 0 Å². The molecule has 1 aromatic rings. The largest absolute Gasteiger partial charge is 0.491 e. The zero-order chi connectivity index (χ0) is 23.1. The minimum Gasteiger partial charge on any atom is -0.491 e. The van der Waals surface area contributed by atoms with Gasteiger partial charge in [-0.3, -0.25) is 9.59 Å². The van der Waals surface area contributed by atoms with Crippen LogP contribution in [0.4, 0.5) is 0 Å². The molecule has 1 spiro atoms. The molecule has 1 aromatic carbocycles. The SMILES string of the molecule is CC(C)C[C@@H](N)C(=O)N1CCC2(CCCCCc3ccccc3OCCN(C)C2=O)CC1. The van der Waals surface area contributed by atoms with Crippen LogP contribution in [-0.2, 0) is 16.0 Å². The van der Waals surface area contributed by atoms with E-state index in [1.807, 2.05) is 29.0 Å². The molecule has 0 saturated carbocycles. The first kappa shape index (κ1) is 24.6. The number of likely N-dealkylation sites (N-methyl/N-ethyl adjacent to an activating group) is 1. The van der Waals surface area contributed by atoms with Gasteiger partial charge in [0, 0.05) is 20.1 Å². The van der Waals surface area contributed by atoms with Gasteiger partial charge < -0.3 is 20.3 Å². The molecule has 2 aliphatic heterocycles. The van der Waals surface area contributed by atoms with Gasteiger partial charge in [0.25, 0.3) is 0 Å². The number of carbonyl (C=O) groups is 2. The molecular formula is C26H41N3O3. The van der Waals surface area contributed by atoms with Gasteiger partial charge in [-0.05, 0) is 56.1 Å². The summed E-state index contributed by atoms with van der Waals surface area (Å²) in [5.74, 6) is 1.56. The van der Waals surface area contributed by atoms with Crippen molar-refractivity contribution in [2.45, 2.75) is 71.3 Å². The molecule has 178 valence electrons. The van der Waals surface area contributed by atoms with Crippen LogP contribution in [0.3, 0.4) is 0 Å². The number of carbonyl (C=O) groups excluding carboxylic acids is 2. The van der Waals surface area contributed by atoms with Crippen LogP contribution < -0.4 is 10.5 Å². The van der Waals surface area contributed by atoms with Crippen LogP contribution >= 0.6 is 0 Å². The first-order valence-electron chi connectivity index (χ1n) is 12.3. The lowest BCUT2D eigenvalue weighted by atomic mass is 9.73. The van der Waals surface area contributed by atoms with E-state index in [1.165, 1.54) is 5.56 Å². The van der Waals surface area contributed by atoms with Gasteiger partial charge in [0.2, 0.25) is 11.8 Å². The molecule has 1 saturated heterocycles. The van der Waals surface area contributed by atoms with Crippen molar-refractivity contribution in [1.29, 1.82) is 0 Å². The zero-order valence-corrected chi connectivity index (χ0v) is 20.1. The Morgan fingerprint density at radius 1 is 1.09 bits per heavy atom. The van der Waals surface area contributed by atoms with E-state index in [2.05, 4.69) is 26.0 Å². The van der Waals surface area contributed by atoms with Crippen LogP contribution in [0.1, 0.15) is 64.4 Å². The molecule has 2 amide bonds. The maximum Gasteiger partial charge on any atom is 0.239 e. The molecule has 2 aliphatic rings. The highest BCUT2D eigenvalue weighted by atomic mass is 16.5. The van der Waals surface area contributed by atoms with Crippen molar-refractivity contribution in [2.24, 2.45) is 17.1 Å². The number of ether oxygens (including phenoxy) is 1. The number of hydrogen-bond donors (Lipinski definition) is 1. The molecule has 0 unspecified atom stereocenters. The number of likely N-dealkylation sites (tertiary alicyclic amines) is 1. The lowest BCUT2D eigenvalue weighted by Crippen LogP contribution is -2.53. The van der Waals surface area contributed by atoms with Crippen LogP contribution in [0.5, 0.6) is 5.75 Å². The number of benzene rings is 1. The van der Waals surface area contributed by atoms with Gasteiger partial charge in [0.05, 0.1) is 18.0 Å². The fourth-order valence-corrected chi connectivity index (χ4v) is 5.17. The second-order valence-corrected chi connectivity index (χ2v) is 10.1. The van der Waals surface area contributed by atoms with E-state index in [-0.39, 0.29) is 17.2 Å². The van der Waals surface area contributed by atoms with E-state index in [0.29, 0.717) is 38.6 Å². The minimum atomic E-state index is -0.443. The Hall–Kier alpha value is -2.08. The molecule has 0 bridgehead atoms. The van der Waals surface area contributed by atoms with Crippen molar-refractivity contribution < 1.29 is 14.3 Å². The monoisotopic (exact) mass is 443 g/mol. The van der Waals surface area contributed by atoms with Crippen LogP contribution in [0, 0.1) is 11.3 Å². The fourth-order valence-electron chi connectivity index (χ4n) is 5.17. The normalized spacial score (nSPS) is 21.2. The lowest BCUT2D eigenvalue weighted by Gasteiger charge is -2.43. The number of fused-ring (bicyclic) bond motifs is 1. The molecule has 6 heteroatoms. The minimum absolute atomic E-state index is 0.0326. The Bertz CT molecular complexity index is 771. The van der Waals surface area contributed by atoms with Crippen molar-refractivity contribution in [3.63, 3.8) is 0 Å². The summed E-state index contributed by atoms with van der Waals surface area (Å²) in [6, 6.07) is 7.79. The number of piperidine rings is 1. The quantitative estimate of drug-likeness (QED) is 0.774. The van der Waals surface area contributed by atoms with Crippen LogP contribution in [0.25, 0.3) is 0 Å². The average molecular weight is 444 g/mol.